The molecule has 0 bridgehead atoms. The number of cyclic esters (lactones) is 1. The molecule has 0 unspecified atom stereocenters. The summed E-state index contributed by atoms with van der Waals surface area (Å²) >= 11 is 5.92. The summed E-state index contributed by atoms with van der Waals surface area (Å²) in [6.45, 7) is 0.259. The lowest BCUT2D eigenvalue weighted by molar-refractivity contribution is -0.137. The number of hydrogen-bond acceptors (Lipinski definition) is 3. The highest BCUT2D eigenvalue weighted by atomic mass is 35.5. The molecule has 1 saturated heterocycles. The molecule has 0 spiro atoms. The summed E-state index contributed by atoms with van der Waals surface area (Å²) in [4.78, 5) is 25.3. The van der Waals surface area contributed by atoms with Crippen molar-refractivity contribution < 1.29 is 27.5 Å². The van der Waals surface area contributed by atoms with Gasteiger partial charge in [-0.3, -0.25) is 4.90 Å². The average molecular weight is 414 g/mol. The van der Waals surface area contributed by atoms with Crippen LogP contribution in [-0.4, -0.2) is 31.3 Å². The molecule has 2 N–H and O–H groups in total. The Bertz CT molecular complexity index is 874. The highest BCUT2D eigenvalue weighted by Crippen LogP contribution is 2.29. The fourth-order valence-corrected chi connectivity index (χ4v) is 2.79. The first-order valence-electron chi connectivity index (χ1n) is 8.18. The lowest BCUT2D eigenvalue weighted by Gasteiger charge is -2.13. The summed E-state index contributed by atoms with van der Waals surface area (Å²) < 4.78 is 42.8. The number of carbonyl (C=O) groups excluding carboxylic acids is 2. The number of ether oxygens (including phenoxy) is 1. The number of halogens is 4. The highest BCUT2D eigenvalue weighted by Gasteiger charge is 2.33. The Morgan fingerprint density at radius 1 is 1.21 bits per heavy atom. The quantitative estimate of drug-likeness (QED) is 0.775. The van der Waals surface area contributed by atoms with E-state index in [0.717, 1.165) is 24.3 Å². The maximum atomic E-state index is 12.5. The minimum absolute atomic E-state index is 0.0370. The zero-order chi connectivity index (χ0) is 20.3. The molecule has 10 heteroatoms. The number of nitrogens with zero attached hydrogens (tertiary/aromatic N) is 1. The van der Waals surface area contributed by atoms with E-state index in [1.54, 1.807) is 24.3 Å². The molecular weight excluding hydrogens is 399 g/mol. The second kappa shape index (κ2) is 7.97. The zero-order valence-corrected chi connectivity index (χ0v) is 15.1. The number of alkyl halides is 3. The van der Waals surface area contributed by atoms with Crippen LogP contribution in [0.4, 0.5) is 34.1 Å². The SMILES string of the molecule is O=C(NC[C@@H]1CN(c2cccc(Cl)c2)C(=O)O1)Nc1ccc(C(F)(F)F)cc1. The van der Waals surface area contributed by atoms with Gasteiger partial charge in [-0.05, 0) is 42.5 Å². The van der Waals surface area contributed by atoms with E-state index < -0.39 is 30.0 Å². The van der Waals surface area contributed by atoms with Gasteiger partial charge in [-0.25, -0.2) is 9.59 Å². The topological polar surface area (TPSA) is 70.7 Å². The molecule has 1 fully saturated rings. The minimum atomic E-state index is -4.44. The van der Waals surface area contributed by atoms with E-state index in [0.29, 0.717) is 10.7 Å². The number of amides is 3. The molecular formula is C18H15ClF3N3O3. The van der Waals surface area contributed by atoms with Crippen molar-refractivity contribution in [3.63, 3.8) is 0 Å². The molecule has 0 aliphatic carbocycles. The number of urea groups is 1. The molecule has 3 amide bonds. The Balaban J connectivity index is 1.50. The van der Waals surface area contributed by atoms with Gasteiger partial charge in [0.05, 0.1) is 18.7 Å². The first-order chi connectivity index (χ1) is 13.2. The molecule has 2 aromatic carbocycles. The van der Waals surface area contributed by atoms with Gasteiger partial charge in [-0.15, -0.1) is 0 Å². The summed E-state index contributed by atoms with van der Waals surface area (Å²) in [5, 5.41) is 5.41. The maximum Gasteiger partial charge on any atom is 0.416 e. The van der Waals surface area contributed by atoms with Crippen LogP contribution in [0, 0.1) is 0 Å². The van der Waals surface area contributed by atoms with Gasteiger partial charge in [-0.1, -0.05) is 17.7 Å². The van der Waals surface area contributed by atoms with Crippen LogP contribution in [0.25, 0.3) is 0 Å². The van der Waals surface area contributed by atoms with E-state index >= 15 is 0 Å². The smallest absolute Gasteiger partial charge is 0.416 e. The Morgan fingerprint density at radius 2 is 1.93 bits per heavy atom. The largest absolute Gasteiger partial charge is 0.442 e. The van der Waals surface area contributed by atoms with Crippen molar-refractivity contribution >= 4 is 35.1 Å². The number of hydrogen-bond donors (Lipinski definition) is 2. The number of nitrogens with one attached hydrogen (secondary N) is 2. The predicted molar refractivity (Wildman–Crippen MR) is 97.5 cm³/mol. The van der Waals surface area contributed by atoms with Crippen LogP contribution in [0.1, 0.15) is 5.56 Å². The van der Waals surface area contributed by atoms with Crippen molar-refractivity contribution in [1.29, 1.82) is 0 Å². The van der Waals surface area contributed by atoms with Crippen LogP contribution in [0.3, 0.4) is 0 Å². The van der Waals surface area contributed by atoms with Gasteiger partial charge in [0, 0.05) is 16.4 Å². The van der Waals surface area contributed by atoms with Crippen molar-refractivity contribution in [2.75, 3.05) is 23.3 Å². The molecule has 3 rings (SSSR count). The lowest BCUT2D eigenvalue weighted by atomic mass is 10.2. The van der Waals surface area contributed by atoms with Gasteiger partial charge < -0.3 is 15.4 Å². The molecule has 148 valence electrons. The van der Waals surface area contributed by atoms with Gasteiger partial charge in [0.15, 0.2) is 0 Å². The normalized spacial score (nSPS) is 16.6. The zero-order valence-electron chi connectivity index (χ0n) is 14.3. The van der Waals surface area contributed by atoms with Crippen molar-refractivity contribution in [2.45, 2.75) is 12.3 Å². The molecule has 1 heterocycles. The van der Waals surface area contributed by atoms with Crippen LogP contribution < -0.4 is 15.5 Å². The van der Waals surface area contributed by atoms with E-state index in [1.807, 2.05) is 0 Å². The Morgan fingerprint density at radius 3 is 2.57 bits per heavy atom. The third-order valence-corrected chi connectivity index (χ3v) is 4.19. The van der Waals surface area contributed by atoms with Crippen LogP contribution in [0.2, 0.25) is 5.02 Å². The van der Waals surface area contributed by atoms with Gasteiger partial charge in [0.1, 0.15) is 6.10 Å². The van der Waals surface area contributed by atoms with Gasteiger partial charge in [-0.2, -0.15) is 13.2 Å². The predicted octanol–water partition coefficient (Wildman–Crippen LogP) is 4.51. The number of rotatable bonds is 4. The number of anilines is 2. The summed E-state index contributed by atoms with van der Waals surface area (Å²) in [7, 11) is 0. The summed E-state index contributed by atoms with van der Waals surface area (Å²) in [5.74, 6) is 0. The highest BCUT2D eigenvalue weighted by molar-refractivity contribution is 6.30. The maximum absolute atomic E-state index is 12.5. The second-order valence-electron chi connectivity index (χ2n) is 6.01. The molecule has 2 aromatic rings. The van der Waals surface area contributed by atoms with Crippen molar-refractivity contribution in [3.05, 3.63) is 59.1 Å². The van der Waals surface area contributed by atoms with Crippen molar-refractivity contribution in [1.82, 2.24) is 5.32 Å². The van der Waals surface area contributed by atoms with Crippen LogP contribution in [-0.2, 0) is 10.9 Å². The summed E-state index contributed by atoms with van der Waals surface area (Å²) in [6.07, 6.45) is -5.58. The van der Waals surface area contributed by atoms with Crippen molar-refractivity contribution in [3.8, 4) is 0 Å². The molecule has 0 saturated carbocycles. The Hall–Kier alpha value is -2.94. The van der Waals surface area contributed by atoms with Gasteiger partial charge in [0.25, 0.3) is 0 Å². The van der Waals surface area contributed by atoms with Crippen LogP contribution >= 0.6 is 11.6 Å². The average Bonchev–Trinajstić information content (AvgIpc) is 3.00. The fourth-order valence-electron chi connectivity index (χ4n) is 2.61. The summed E-state index contributed by atoms with van der Waals surface area (Å²) in [5.41, 5.74) is -0.0268. The minimum Gasteiger partial charge on any atom is -0.442 e. The Kier molecular flexibility index (Phi) is 5.64. The second-order valence-corrected chi connectivity index (χ2v) is 6.44. The van der Waals surface area contributed by atoms with Crippen LogP contribution in [0.15, 0.2) is 48.5 Å². The third kappa shape index (κ3) is 4.86. The lowest BCUT2D eigenvalue weighted by Crippen LogP contribution is -2.37. The van der Waals surface area contributed by atoms with E-state index in [9.17, 15) is 22.8 Å². The number of benzene rings is 2. The Labute approximate surface area is 163 Å². The molecule has 1 atom stereocenters. The molecule has 6 nitrogen and oxygen atoms in total. The molecule has 1 aliphatic heterocycles. The van der Waals surface area contributed by atoms with Crippen molar-refractivity contribution in [2.24, 2.45) is 0 Å². The van der Waals surface area contributed by atoms with E-state index in [4.69, 9.17) is 16.3 Å². The number of carbonyl (C=O) groups is 2. The molecule has 0 aromatic heterocycles. The third-order valence-electron chi connectivity index (χ3n) is 3.95. The van der Waals surface area contributed by atoms with E-state index in [-0.39, 0.29) is 18.8 Å². The van der Waals surface area contributed by atoms with Gasteiger partial charge in [0.2, 0.25) is 0 Å². The van der Waals surface area contributed by atoms with E-state index in [2.05, 4.69) is 10.6 Å². The molecule has 1 aliphatic rings. The molecule has 28 heavy (non-hydrogen) atoms. The van der Waals surface area contributed by atoms with E-state index in [1.165, 1.54) is 4.90 Å². The fraction of sp³-hybridized carbons (Fsp3) is 0.222. The monoisotopic (exact) mass is 413 g/mol. The first kappa shape index (κ1) is 19.8. The van der Waals surface area contributed by atoms with Gasteiger partial charge >= 0.3 is 18.3 Å². The van der Waals surface area contributed by atoms with Crippen LogP contribution in [0.5, 0.6) is 0 Å². The standard InChI is InChI=1S/C18H15ClF3N3O3/c19-12-2-1-3-14(8-12)25-10-15(28-17(25)27)9-23-16(26)24-13-6-4-11(5-7-13)18(20,21)22/h1-8,15H,9-10H2,(H2,23,24,26)/t15-/m1/s1. The molecule has 0 radical (unpaired) electrons. The first-order valence-corrected chi connectivity index (χ1v) is 8.56. The summed E-state index contributed by atoms with van der Waals surface area (Å²) in [6, 6.07) is 10.1.